The first-order valence-corrected chi connectivity index (χ1v) is 7.46. The number of hydrogen-bond donors (Lipinski definition) is 1. The molecule has 1 aliphatic rings. The van der Waals surface area contributed by atoms with Crippen LogP contribution in [0.3, 0.4) is 0 Å². The minimum absolute atomic E-state index is 0.100. The lowest BCUT2D eigenvalue weighted by molar-refractivity contribution is -0.105. The summed E-state index contributed by atoms with van der Waals surface area (Å²) in [5, 5.41) is 11.3. The molecular formula is C17H26O2. The summed E-state index contributed by atoms with van der Waals surface area (Å²) < 4.78 is 5.84. The quantitative estimate of drug-likeness (QED) is 0.878. The summed E-state index contributed by atoms with van der Waals surface area (Å²) >= 11 is 0. The lowest BCUT2D eigenvalue weighted by Gasteiger charge is -2.47. The van der Waals surface area contributed by atoms with Crippen LogP contribution in [0.2, 0.25) is 0 Å². The molecule has 1 aliphatic carbocycles. The van der Waals surface area contributed by atoms with Gasteiger partial charge in [-0.2, -0.15) is 0 Å². The molecule has 1 atom stereocenters. The van der Waals surface area contributed by atoms with E-state index in [1.165, 1.54) is 6.42 Å². The maximum Gasteiger partial charge on any atom is 0.125 e. The van der Waals surface area contributed by atoms with Gasteiger partial charge in [-0.25, -0.2) is 0 Å². The van der Waals surface area contributed by atoms with E-state index in [0.717, 1.165) is 37.0 Å². The molecule has 0 radical (unpaired) electrons. The van der Waals surface area contributed by atoms with E-state index in [9.17, 15) is 5.11 Å². The SMILES string of the molecule is CCCOc1ccccc1C1(O)CCCCC1(C)C. The summed E-state index contributed by atoms with van der Waals surface area (Å²) in [6.45, 7) is 7.14. The second-order valence-corrected chi connectivity index (χ2v) is 6.30. The van der Waals surface area contributed by atoms with Gasteiger partial charge in [0.15, 0.2) is 0 Å². The molecule has 1 saturated carbocycles. The number of benzene rings is 1. The Morgan fingerprint density at radius 3 is 2.53 bits per heavy atom. The molecule has 0 spiro atoms. The molecule has 1 aromatic rings. The highest BCUT2D eigenvalue weighted by Crippen LogP contribution is 2.52. The number of rotatable bonds is 4. The van der Waals surface area contributed by atoms with Crippen molar-refractivity contribution in [2.24, 2.45) is 5.41 Å². The molecule has 2 heteroatoms. The van der Waals surface area contributed by atoms with Crippen molar-refractivity contribution in [1.82, 2.24) is 0 Å². The Labute approximate surface area is 116 Å². The van der Waals surface area contributed by atoms with Crippen LogP contribution in [0, 0.1) is 5.41 Å². The fourth-order valence-electron chi connectivity index (χ4n) is 3.14. The van der Waals surface area contributed by atoms with Crippen molar-refractivity contribution in [3.63, 3.8) is 0 Å². The Hall–Kier alpha value is -1.02. The van der Waals surface area contributed by atoms with Crippen LogP contribution in [0.15, 0.2) is 24.3 Å². The standard InChI is InChI=1S/C17H26O2/c1-4-13-19-15-10-6-5-9-14(15)17(18)12-8-7-11-16(17,2)3/h5-6,9-10,18H,4,7-8,11-13H2,1-3H3. The highest BCUT2D eigenvalue weighted by Gasteiger charge is 2.47. The Morgan fingerprint density at radius 1 is 1.16 bits per heavy atom. The van der Waals surface area contributed by atoms with Crippen molar-refractivity contribution < 1.29 is 9.84 Å². The van der Waals surface area contributed by atoms with E-state index in [1.807, 2.05) is 24.3 Å². The van der Waals surface area contributed by atoms with E-state index in [2.05, 4.69) is 20.8 Å². The van der Waals surface area contributed by atoms with E-state index in [4.69, 9.17) is 4.74 Å². The van der Waals surface area contributed by atoms with Gasteiger partial charge in [0, 0.05) is 5.56 Å². The first kappa shape index (κ1) is 14.4. The zero-order chi connectivity index (χ0) is 13.9. The minimum Gasteiger partial charge on any atom is -0.493 e. The first-order valence-electron chi connectivity index (χ1n) is 7.46. The summed E-state index contributed by atoms with van der Waals surface area (Å²) in [4.78, 5) is 0. The molecule has 1 fully saturated rings. The predicted octanol–water partition coefficient (Wildman–Crippen LogP) is 4.26. The van der Waals surface area contributed by atoms with Crippen LogP contribution < -0.4 is 4.74 Å². The number of hydrogen-bond acceptors (Lipinski definition) is 2. The highest BCUT2D eigenvalue weighted by atomic mass is 16.5. The second kappa shape index (κ2) is 5.54. The third-order valence-electron chi connectivity index (χ3n) is 4.50. The van der Waals surface area contributed by atoms with Crippen LogP contribution in [-0.2, 0) is 5.60 Å². The zero-order valence-electron chi connectivity index (χ0n) is 12.4. The monoisotopic (exact) mass is 262 g/mol. The molecule has 2 nitrogen and oxygen atoms in total. The van der Waals surface area contributed by atoms with Gasteiger partial charge in [0.05, 0.1) is 12.2 Å². The smallest absolute Gasteiger partial charge is 0.125 e. The normalized spacial score (nSPS) is 26.1. The fraction of sp³-hybridized carbons (Fsp3) is 0.647. The van der Waals surface area contributed by atoms with Crippen LogP contribution in [-0.4, -0.2) is 11.7 Å². The van der Waals surface area contributed by atoms with Crippen LogP contribution in [0.25, 0.3) is 0 Å². The van der Waals surface area contributed by atoms with Crippen LogP contribution in [0.4, 0.5) is 0 Å². The average Bonchev–Trinajstić information content (AvgIpc) is 2.40. The molecule has 1 unspecified atom stereocenters. The Kier molecular flexibility index (Phi) is 4.19. The highest BCUT2D eigenvalue weighted by molar-refractivity contribution is 5.39. The number of para-hydroxylation sites is 1. The number of aliphatic hydroxyl groups is 1. The van der Waals surface area contributed by atoms with Gasteiger partial charge in [-0.1, -0.05) is 51.8 Å². The maximum absolute atomic E-state index is 11.3. The first-order chi connectivity index (χ1) is 9.01. The number of ether oxygens (including phenoxy) is 1. The lowest BCUT2D eigenvalue weighted by Crippen LogP contribution is -2.44. The van der Waals surface area contributed by atoms with Gasteiger partial charge in [-0.05, 0) is 30.7 Å². The van der Waals surface area contributed by atoms with E-state index < -0.39 is 5.60 Å². The van der Waals surface area contributed by atoms with Gasteiger partial charge >= 0.3 is 0 Å². The molecule has 0 amide bonds. The molecular weight excluding hydrogens is 236 g/mol. The van der Waals surface area contributed by atoms with Crippen molar-refractivity contribution in [3.8, 4) is 5.75 Å². The van der Waals surface area contributed by atoms with Gasteiger partial charge in [-0.3, -0.25) is 0 Å². The van der Waals surface area contributed by atoms with Gasteiger partial charge < -0.3 is 9.84 Å². The van der Waals surface area contributed by atoms with Crippen LogP contribution in [0.5, 0.6) is 5.75 Å². The van der Waals surface area contributed by atoms with E-state index in [1.54, 1.807) is 0 Å². The van der Waals surface area contributed by atoms with Crippen LogP contribution in [0.1, 0.15) is 58.4 Å². The van der Waals surface area contributed by atoms with E-state index >= 15 is 0 Å². The zero-order valence-corrected chi connectivity index (χ0v) is 12.4. The third kappa shape index (κ3) is 2.64. The summed E-state index contributed by atoms with van der Waals surface area (Å²) in [5.74, 6) is 0.849. The minimum atomic E-state index is -0.768. The summed E-state index contributed by atoms with van der Waals surface area (Å²) in [7, 11) is 0. The molecule has 0 aromatic heterocycles. The fourth-order valence-corrected chi connectivity index (χ4v) is 3.14. The molecule has 1 N–H and O–H groups in total. The molecule has 0 heterocycles. The largest absolute Gasteiger partial charge is 0.493 e. The molecule has 2 rings (SSSR count). The van der Waals surface area contributed by atoms with Crippen molar-refractivity contribution >= 4 is 0 Å². The van der Waals surface area contributed by atoms with Crippen molar-refractivity contribution in [2.75, 3.05) is 6.61 Å². The average molecular weight is 262 g/mol. The third-order valence-corrected chi connectivity index (χ3v) is 4.50. The summed E-state index contributed by atoms with van der Waals surface area (Å²) in [6.07, 6.45) is 5.16. The topological polar surface area (TPSA) is 29.5 Å². The molecule has 0 saturated heterocycles. The van der Waals surface area contributed by atoms with E-state index in [-0.39, 0.29) is 5.41 Å². The maximum atomic E-state index is 11.3. The molecule has 106 valence electrons. The van der Waals surface area contributed by atoms with Gasteiger partial charge in [-0.15, -0.1) is 0 Å². The molecule has 0 aliphatic heterocycles. The summed E-state index contributed by atoms with van der Waals surface area (Å²) in [6, 6.07) is 7.98. The Bertz CT molecular complexity index is 425. The second-order valence-electron chi connectivity index (χ2n) is 6.30. The lowest BCUT2D eigenvalue weighted by atomic mass is 9.62. The molecule has 19 heavy (non-hydrogen) atoms. The Balaban J connectivity index is 2.38. The van der Waals surface area contributed by atoms with Crippen molar-refractivity contribution in [2.45, 2.75) is 58.5 Å². The van der Waals surface area contributed by atoms with E-state index in [0.29, 0.717) is 6.61 Å². The van der Waals surface area contributed by atoms with Gasteiger partial charge in [0.25, 0.3) is 0 Å². The Morgan fingerprint density at radius 2 is 1.84 bits per heavy atom. The van der Waals surface area contributed by atoms with Crippen molar-refractivity contribution in [3.05, 3.63) is 29.8 Å². The van der Waals surface area contributed by atoms with Gasteiger partial charge in [0.2, 0.25) is 0 Å². The summed E-state index contributed by atoms with van der Waals surface area (Å²) in [5.41, 5.74) is 0.0973. The van der Waals surface area contributed by atoms with Crippen LogP contribution >= 0.6 is 0 Å². The molecule has 1 aromatic carbocycles. The molecule has 0 bridgehead atoms. The van der Waals surface area contributed by atoms with Crippen molar-refractivity contribution in [1.29, 1.82) is 0 Å². The van der Waals surface area contributed by atoms with Gasteiger partial charge in [0.1, 0.15) is 5.75 Å². The predicted molar refractivity (Wildman–Crippen MR) is 78.4 cm³/mol.